The molecule has 0 spiro atoms. The predicted molar refractivity (Wildman–Crippen MR) is 118 cm³/mol. The Hall–Kier alpha value is -3.18. The Kier molecular flexibility index (Phi) is 9.37. The van der Waals surface area contributed by atoms with E-state index in [0.29, 0.717) is 12.8 Å². The maximum Gasteiger partial charge on any atom is 0.325 e. The van der Waals surface area contributed by atoms with Crippen molar-refractivity contribution in [2.75, 3.05) is 19.6 Å². The molecule has 0 aromatic rings. The number of Topliss-reactive ketones (excluding diaryl/α,β-unsaturated/α-hetero) is 1. The highest BCUT2D eigenvalue weighted by molar-refractivity contribution is 6.36. The van der Waals surface area contributed by atoms with Gasteiger partial charge in [0.05, 0.1) is 6.54 Å². The van der Waals surface area contributed by atoms with Gasteiger partial charge in [-0.2, -0.15) is 0 Å². The second-order valence-corrected chi connectivity index (χ2v) is 9.91. The third-order valence-electron chi connectivity index (χ3n) is 4.74. The summed E-state index contributed by atoms with van der Waals surface area (Å²) in [6.45, 7) is 9.70. The van der Waals surface area contributed by atoms with Gasteiger partial charge in [0, 0.05) is 6.54 Å². The van der Waals surface area contributed by atoms with E-state index in [1.165, 1.54) is 4.90 Å². The number of carbonyl (C=O) groups is 6. The zero-order valence-electron chi connectivity index (χ0n) is 20.1. The first-order chi connectivity index (χ1) is 15.0. The van der Waals surface area contributed by atoms with Crippen molar-refractivity contribution in [1.29, 1.82) is 0 Å². The van der Waals surface area contributed by atoms with Gasteiger partial charge >= 0.3 is 12.0 Å². The highest BCUT2D eigenvalue weighted by atomic mass is 16.6. The van der Waals surface area contributed by atoms with E-state index in [9.17, 15) is 28.8 Å². The lowest BCUT2D eigenvalue weighted by atomic mass is 9.85. The van der Waals surface area contributed by atoms with Crippen LogP contribution in [0, 0.1) is 5.41 Å². The van der Waals surface area contributed by atoms with Crippen LogP contribution in [0.1, 0.15) is 54.4 Å². The van der Waals surface area contributed by atoms with Crippen LogP contribution in [0.25, 0.3) is 0 Å². The van der Waals surface area contributed by atoms with Crippen LogP contribution in [0.4, 0.5) is 4.79 Å². The Bertz CT molecular complexity index is 798. The van der Waals surface area contributed by atoms with Gasteiger partial charge in [-0.05, 0) is 39.0 Å². The van der Waals surface area contributed by atoms with Crippen molar-refractivity contribution in [3.63, 3.8) is 0 Å². The Morgan fingerprint density at radius 2 is 1.61 bits per heavy atom. The number of likely N-dealkylation sites (tertiary alicyclic amines) is 1. The Balaban J connectivity index is 2.82. The summed E-state index contributed by atoms with van der Waals surface area (Å²) < 4.78 is 5.13. The quantitative estimate of drug-likeness (QED) is 0.266. The van der Waals surface area contributed by atoms with Gasteiger partial charge in [0.1, 0.15) is 24.2 Å². The number of nitrogens with zero attached hydrogens (tertiary/aromatic N) is 1. The van der Waals surface area contributed by atoms with E-state index in [1.807, 2.05) is 0 Å². The first kappa shape index (κ1) is 27.9. The summed E-state index contributed by atoms with van der Waals surface area (Å²) in [6.07, 6.45) is 0.916. The molecule has 0 aromatic carbocycles. The second-order valence-electron chi connectivity index (χ2n) is 9.91. The van der Waals surface area contributed by atoms with Crippen molar-refractivity contribution in [2.45, 2.75) is 72.1 Å². The zero-order valence-corrected chi connectivity index (χ0v) is 20.1. The minimum atomic E-state index is -1.16. The molecule has 2 atom stereocenters. The number of ether oxygens (including phenoxy) is 1. The van der Waals surface area contributed by atoms with E-state index in [2.05, 4.69) is 16.0 Å². The second kappa shape index (κ2) is 11.1. The summed E-state index contributed by atoms with van der Waals surface area (Å²) in [5.41, 5.74) is 3.46. The average Bonchev–Trinajstić information content (AvgIpc) is 3.15. The molecule has 1 aliphatic heterocycles. The molecule has 1 fully saturated rings. The van der Waals surface area contributed by atoms with Crippen molar-refractivity contribution >= 4 is 35.5 Å². The maximum absolute atomic E-state index is 13.3. The minimum absolute atomic E-state index is 0.286. The summed E-state index contributed by atoms with van der Waals surface area (Å²) in [4.78, 5) is 73.6. The lowest BCUT2D eigenvalue weighted by Crippen LogP contribution is -2.59. The first-order valence-electron chi connectivity index (χ1n) is 10.7. The van der Waals surface area contributed by atoms with Gasteiger partial charge in [-0.1, -0.05) is 20.8 Å². The fraction of sp³-hybridized carbons (Fsp3) is 0.714. The largest absolute Gasteiger partial charge is 0.459 e. The van der Waals surface area contributed by atoms with Crippen LogP contribution < -0.4 is 21.7 Å². The van der Waals surface area contributed by atoms with Gasteiger partial charge in [-0.25, -0.2) is 4.79 Å². The molecule has 1 rings (SSSR count). The van der Waals surface area contributed by atoms with E-state index in [-0.39, 0.29) is 13.1 Å². The molecule has 186 valence electrons. The van der Waals surface area contributed by atoms with Crippen molar-refractivity contribution in [3.8, 4) is 0 Å². The fourth-order valence-electron chi connectivity index (χ4n) is 3.20. The van der Waals surface area contributed by atoms with Crippen LogP contribution in [0.2, 0.25) is 0 Å². The lowest BCUT2D eigenvalue weighted by molar-refractivity contribution is -0.153. The van der Waals surface area contributed by atoms with Gasteiger partial charge in [0.25, 0.3) is 5.91 Å². The fourth-order valence-corrected chi connectivity index (χ4v) is 3.20. The summed E-state index contributed by atoms with van der Waals surface area (Å²) in [7, 11) is 0. The van der Waals surface area contributed by atoms with Crippen LogP contribution >= 0.6 is 0 Å². The Morgan fingerprint density at radius 1 is 1.00 bits per heavy atom. The molecule has 0 bridgehead atoms. The van der Waals surface area contributed by atoms with Crippen molar-refractivity contribution < 1.29 is 33.5 Å². The lowest BCUT2D eigenvalue weighted by Gasteiger charge is -2.35. The molecule has 5 amide bonds. The van der Waals surface area contributed by atoms with E-state index in [4.69, 9.17) is 10.5 Å². The number of ketones is 1. The number of esters is 1. The summed E-state index contributed by atoms with van der Waals surface area (Å²) >= 11 is 0. The zero-order chi connectivity index (χ0) is 25.6. The number of urea groups is 1. The van der Waals surface area contributed by atoms with E-state index in [1.54, 1.807) is 41.5 Å². The van der Waals surface area contributed by atoms with E-state index >= 15 is 0 Å². The molecule has 0 radical (unpaired) electrons. The van der Waals surface area contributed by atoms with Crippen LogP contribution in [-0.2, 0) is 28.7 Å². The molecule has 33 heavy (non-hydrogen) atoms. The molecular formula is C21H35N5O7. The smallest absolute Gasteiger partial charge is 0.325 e. The molecule has 0 unspecified atom stereocenters. The Labute approximate surface area is 193 Å². The molecule has 1 aliphatic rings. The Morgan fingerprint density at radius 3 is 2.12 bits per heavy atom. The minimum Gasteiger partial charge on any atom is -0.459 e. The SMILES string of the molecule is CC(C)(C)OC(=O)CNC(=O)N[C@H](C(=O)N1CCC[C@H]1C(=O)NCC(=O)C(N)=O)C(C)(C)C. The van der Waals surface area contributed by atoms with Gasteiger partial charge in [-0.3, -0.25) is 24.0 Å². The number of primary amides is 1. The maximum atomic E-state index is 13.3. The standard InChI is InChI=1S/C21H35N5O7/c1-20(2,3)15(25-19(32)24-11-14(28)33-21(4,5)6)18(31)26-9-7-8-12(26)17(30)23-10-13(27)16(22)29/h12,15H,7-11H2,1-6H3,(H2,22,29)(H,23,30)(H2,24,25,32)/t12-,15+/m0/s1. The number of nitrogens with two attached hydrogens (primary N) is 1. The monoisotopic (exact) mass is 469 g/mol. The molecule has 12 nitrogen and oxygen atoms in total. The number of hydrogen-bond donors (Lipinski definition) is 4. The molecule has 0 aliphatic carbocycles. The number of nitrogens with one attached hydrogen (secondary N) is 3. The van der Waals surface area contributed by atoms with Gasteiger partial charge < -0.3 is 31.3 Å². The normalized spacial score (nSPS) is 17.0. The molecule has 0 aromatic heterocycles. The third kappa shape index (κ3) is 9.07. The van der Waals surface area contributed by atoms with Crippen molar-refractivity contribution in [1.82, 2.24) is 20.9 Å². The van der Waals surface area contributed by atoms with Crippen LogP contribution in [0.15, 0.2) is 0 Å². The van der Waals surface area contributed by atoms with E-state index < -0.39 is 65.1 Å². The van der Waals surface area contributed by atoms with Crippen LogP contribution in [0.5, 0.6) is 0 Å². The van der Waals surface area contributed by atoms with Crippen LogP contribution in [-0.4, -0.2) is 77.7 Å². The van der Waals surface area contributed by atoms with Crippen LogP contribution in [0.3, 0.4) is 0 Å². The molecule has 0 saturated carbocycles. The topological polar surface area (TPSA) is 177 Å². The predicted octanol–water partition coefficient (Wildman–Crippen LogP) is -0.796. The summed E-state index contributed by atoms with van der Waals surface area (Å²) in [5, 5.41) is 7.28. The number of hydrogen-bond acceptors (Lipinski definition) is 7. The average molecular weight is 470 g/mol. The molecule has 12 heteroatoms. The van der Waals surface area contributed by atoms with Gasteiger partial charge in [0.15, 0.2) is 0 Å². The highest BCUT2D eigenvalue weighted by Crippen LogP contribution is 2.25. The number of amides is 5. The van der Waals surface area contributed by atoms with Gasteiger partial charge in [0.2, 0.25) is 17.6 Å². The summed E-state index contributed by atoms with van der Waals surface area (Å²) in [6, 6.07) is -2.59. The van der Waals surface area contributed by atoms with Crippen molar-refractivity contribution in [2.24, 2.45) is 11.1 Å². The molecular weight excluding hydrogens is 434 g/mol. The first-order valence-corrected chi connectivity index (χ1v) is 10.7. The van der Waals surface area contributed by atoms with E-state index in [0.717, 1.165) is 0 Å². The molecule has 1 heterocycles. The summed E-state index contributed by atoms with van der Waals surface area (Å²) in [5.74, 6) is -3.80. The number of carbonyl (C=O) groups excluding carboxylic acids is 6. The number of rotatable bonds is 8. The molecule has 1 saturated heterocycles. The highest BCUT2D eigenvalue weighted by Gasteiger charge is 2.42. The van der Waals surface area contributed by atoms with Gasteiger partial charge in [-0.15, -0.1) is 0 Å². The third-order valence-corrected chi connectivity index (χ3v) is 4.74. The van der Waals surface area contributed by atoms with Crippen molar-refractivity contribution in [3.05, 3.63) is 0 Å². The molecule has 5 N–H and O–H groups in total.